The number of hydrogen-bond acceptors (Lipinski definition) is 4. The lowest BCUT2D eigenvalue weighted by molar-refractivity contribution is 0.0955. The molecule has 0 aliphatic carbocycles. The molecule has 0 spiro atoms. The third kappa shape index (κ3) is 5.98. The van der Waals surface area contributed by atoms with E-state index in [4.69, 9.17) is 32.7 Å². The molecule has 3 aromatic carbocycles. The molecule has 0 atom stereocenters. The van der Waals surface area contributed by atoms with Gasteiger partial charge in [0, 0.05) is 15.6 Å². The van der Waals surface area contributed by atoms with Gasteiger partial charge in [-0.2, -0.15) is 5.10 Å². The summed E-state index contributed by atoms with van der Waals surface area (Å²) in [6.07, 6.45) is 1.52. The standard InChI is InChI=1S/C22H18Cl2N2O3/c1-28-21-11-16(13-25-26-22(27)17-3-2-4-19(24)12-17)7-10-20(21)29-14-15-5-8-18(23)9-6-15/h2-13H,14H2,1H3,(H,26,27)/b25-13-. The Morgan fingerprint density at radius 1 is 1.00 bits per heavy atom. The maximum Gasteiger partial charge on any atom is 0.271 e. The van der Waals surface area contributed by atoms with Crippen molar-refractivity contribution in [2.45, 2.75) is 6.61 Å². The lowest BCUT2D eigenvalue weighted by Gasteiger charge is -2.11. The van der Waals surface area contributed by atoms with E-state index in [1.165, 1.54) is 6.21 Å². The van der Waals surface area contributed by atoms with E-state index in [9.17, 15) is 4.79 Å². The number of rotatable bonds is 7. The molecule has 0 bridgehead atoms. The van der Waals surface area contributed by atoms with Gasteiger partial charge in [-0.15, -0.1) is 0 Å². The van der Waals surface area contributed by atoms with Crippen LogP contribution in [-0.2, 0) is 6.61 Å². The fourth-order valence-electron chi connectivity index (χ4n) is 2.49. The maximum absolute atomic E-state index is 12.1. The van der Waals surface area contributed by atoms with Crippen LogP contribution in [0.25, 0.3) is 0 Å². The number of benzene rings is 3. The van der Waals surface area contributed by atoms with Gasteiger partial charge in [0.05, 0.1) is 13.3 Å². The second-order valence-electron chi connectivity index (χ2n) is 6.03. The smallest absolute Gasteiger partial charge is 0.271 e. The number of hydrogen-bond donors (Lipinski definition) is 1. The van der Waals surface area contributed by atoms with Crippen LogP contribution in [0.5, 0.6) is 11.5 Å². The first-order valence-electron chi connectivity index (χ1n) is 8.69. The highest BCUT2D eigenvalue weighted by Gasteiger charge is 2.07. The normalized spacial score (nSPS) is 10.7. The zero-order valence-corrected chi connectivity index (χ0v) is 17.1. The van der Waals surface area contributed by atoms with Crippen LogP contribution in [0.4, 0.5) is 0 Å². The molecule has 148 valence electrons. The minimum Gasteiger partial charge on any atom is -0.493 e. The van der Waals surface area contributed by atoms with Crippen molar-refractivity contribution in [1.29, 1.82) is 0 Å². The summed E-state index contributed by atoms with van der Waals surface area (Å²) in [6, 6.07) is 19.4. The van der Waals surface area contributed by atoms with Crippen LogP contribution in [0, 0.1) is 0 Å². The monoisotopic (exact) mass is 428 g/mol. The van der Waals surface area contributed by atoms with Crippen molar-refractivity contribution in [2.75, 3.05) is 7.11 Å². The molecule has 7 heteroatoms. The van der Waals surface area contributed by atoms with Gasteiger partial charge in [0.1, 0.15) is 6.61 Å². The van der Waals surface area contributed by atoms with Crippen LogP contribution >= 0.6 is 23.2 Å². The highest BCUT2D eigenvalue weighted by molar-refractivity contribution is 6.31. The molecule has 0 aromatic heterocycles. The summed E-state index contributed by atoms with van der Waals surface area (Å²) in [7, 11) is 1.56. The second kappa shape index (κ2) is 9.96. The number of carbonyl (C=O) groups excluding carboxylic acids is 1. The Morgan fingerprint density at radius 3 is 2.52 bits per heavy atom. The summed E-state index contributed by atoms with van der Waals surface area (Å²) in [6.45, 7) is 0.386. The minimum atomic E-state index is -0.348. The van der Waals surface area contributed by atoms with Crippen LogP contribution in [0.1, 0.15) is 21.5 Å². The molecule has 1 amide bonds. The highest BCUT2D eigenvalue weighted by Crippen LogP contribution is 2.28. The topological polar surface area (TPSA) is 59.9 Å². The molecule has 0 unspecified atom stereocenters. The summed E-state index contributed by atoms with van der Waals surface area (Å²) in [5.74, 6) is 0.810. The SMILES string of the molecule is COc1cc(/C=N\NC(=O)c2cccc(Cl)c2)ccc1OCc1ccc(Cl)cc1. The number of ether oxygens (including phenoxy) is 2. The largest absolute Gasteiger partial charge is 0.493 e. The van der Waals surface area contributed by atoms with E-state index >= 15 is 0 Å². The molecule has 0 saturated heterocycles. The van der Waals surface area contributed by atoms with Gasteiger partial charge in [-0.3, -0.25) is 4.79 Å². The average molecular weight is 429 g/mol. The number of nitrogens with one attached hydrogen (secondary N) is 1. The van der Waals surface area contributed by atoms with Gasteiger partial charge in [-0.25, -0.2) is 5.43 Å². The first kappa shape index (κ1) is 20.7. The van der Waals surface area contributed by atoms with Crippen molar-refractivity contribution in [2.24, 2.45) is 5.10 Å². The van der Waals surface area contributed by atoms with Crippen molar-refractivity contribution in [3.05, 3.63) is 93.5 Å². The Kier molecular flexibility index (Phi) is 7.11. The van der Waals surface area contributed by atoms with E-state index < -0.39 is 0 Å². The fraction of sp³-hybridized carbons (Fsp3) is 0.0909. The molecule has 0 heterocycles. The first-order chi connectivity index (χ1) is 14.0. The molecule has 1 N–H and O–H groups in total. The van der Waals surface area contributed by atoms with Crippen molar-refractivity contribution in [3.8, 4) is 11.5 Å². The van der Waals surface area contributed by atoms with Crippen molar-refractivity contribution < 1.29 is 14.3 Å². The highest BCUT2D eigenvalue weighted by atomic mass is 35.5. The molecule has 5 nitrogen and oxygen atoms in total. The molecular weight excluding hydrogens is 411 g/mol. The van der Waals surface area contributed by atoms with Crippen molar-refractivity contribution in [1.82, 2.24) is 5.43 Å². The molecule has 0 aliphatic rings. The van der Waals surface area contributed by atoms with Crippen LogP contribution < -0.4 is 14.9 Å². The number of hydrazone groups is 1. The Hall–Kier alpha value is -3.02. The Labute approximate surface area is 178 Å². The third-order valence-corrected chi connectivity index (χ3v) is 4.45. The predicted molar refractivity (Wildman–Crippen MR) is 115 cm³/mol. The number of amides is 1. The van der Waals surface area contributed by atoms with Gasteiger partial charge in [0.25, 0.3) is 5.91 Å². The summed E-state index contributed by atoms with van der Waals surface area (Å²) in [5.41, 5.74) is 4.63. The molecule has 0 aliphatic heterocycles. The molecule has 3 aromatic rings. The molecule has 0 fully saturated rings. The molecular formula is C22H18Cl2N2O3. The lowest BCUT2D eigenvalue weighted by atomic mass is 10.2. The first-order valence-corrected chi connectivity index (χ1v) is 9.45. The summed E-state index contributed by atoms with van der Waals surface area (Å²) in [4.78, 5) is 12.1. The Balaban J connectivity index is 1.62. The maximum atomic E-state index is 12.1. The van der Waals surface area contributed by atoms with Crippen molar-refractivity contribution >= 4 is 35.3 Å². The second-order valence-corrected chi connectivity index (χ2v) is 6.91. The Morgan fingerprint density at radius 2 is 1.79 bits per heavy atom. The van der Waals surface area contributed by atoms with E-state index in [0.29, 0.717) is 33.7 Å². The number of carbonyl (C=O) groups is 1. The van der Waals surface area contributed by atoms with E-state index in [1.54, 1.807) is 43.5 Å². The lowest BCUT2D eigenvalue weighted by Crippen LogP contribution is -2.17. The summed E-state index contributed by atoms with van der Waals surface area (Å²) in [5, 5.41) is 5.14. The summed E-state index contributed by atoms with van der Waals surface area (Å²) >= 11 is 11.8. The van der Waals surface area contributed by atoms with Crippen LogP contribution in [0.15, 0.2) is 71.8 Å². The van der Waals surface area contributed by atoms with E-state index in [-0.39, 0.29) is 5.91 Å². The van der Waals surface area contributed by atoms with Gasteiger partial charge in [0.15, 0.2) is 11.5 Å². The molecule has 29 heavy (non-hydrogen) atoms. The van der Waals surface area contributed by atoms with E-state index in [0.717, 1.165) is 11.1 Å². The van der Waals surface area contributed by atoms with Gasteiger partial charge >= 0.3 is 0 Å². The van der Waals surface area contributed by atoms with Gasteiger partial charge < -0.3 is 9.47 Å². The molecule has 0 radical (unpaired) electrons. The van der Waals surface area contributed by atoms with E-state index in [1.807, 2.05) is 30.3 Å². The fourth-order valence-corrected chi connectivity index (χ4v) is 2.80. The zero-order valence-electron chi connectivity index (χ0n) is 15.6. The average Bonchev–Trinajstić information content (AvgIpc) is 2.73. The van der Waals surface area contributed by atoms with Crippen molar-refractivity contribution in [3.63, 3.8) is 0 Å². The van der Waals surface area contributed by atoms with Gasteiger partial charge in [0.2, 0.25) is 0 Å². The quantitative estimate of drug-likeness (QED) is 0.407. The minimum absolute atomic E-state index is 0.348. The molecule has 3 rings (SSSR count). The van der Waals surface area contributed by atoms with Crippen LogP contribution in [0.2, 0.25) is 10.0 Å². The van der Waals surface area contributed by atoms with Crippen LogP contribution in [-0.4, -0.2) is 19.2 Å². The van der Waals surface area contributed by atoms with Gasteiger partial charge in [-0.1, -0.05) is 41.4 Å². The molecule has 0 saturated carbocycles. The summed E-state index contributed by atoms with van der Waals surface area (Å²) < 4.78 is 11.2. The van der Waals surface area contributed by atoms with Crippen LogP contribution in [0.3, 0.4) is 0 Å². The van der Waals surface area contributed by atoms with E-state index in [2.05, 4.69) is 10.5 Å². The third-order valence-electron chi connectivity index (χ3n) is 3.96. The predicted octanol–water partition coefficient (Wildman–Crippen LogP) is 5.34. The Bertz CT molecular complexity index is 1020. The van der Waals surface area contributed by atoms with Gasteiger partial charge in [-0.05, 0) is 59.7 Å². The number of methoxy groups -OCH3 is 1. The zero-order chi connectivity index (χ0) is 20.6. The number of halogens is 2. The number of nitrogens with zero attached hydrogens (tertiary/aromatic N) is 1.